The van der Waals surface area contributed by atoms with Crippen LogP contribution >= 0.6 is 0 Å². The monoisotopic (exact) mass is 348 g/mol. The fraction of sp³-hybridized carbons (Fsp3) is 0.368. The topological polar surface area (TPSA) is 75.9 Å². The molecule has 2 aliphatic heterocycles. The number of fused-ring (bicyclic) bond motifs is 2. The Labute approximate surface area is 151 Å². The third-order valence-electron chi connectivity index (χ3n) is 5.62. The van der Waals surface area contributed by atoms with Gasteiger partial charge in [0.15, 0.2) is 5.69 Å². The van der Waals surface area contributed by atoms with Gasteiger partial charge in [0.05, 0.1) is 16.9 Å². The van der Waals surface area contributed by atoms with Crippen LogP contribution in [0.15, 0.2) is 36.5 Å². The number of benzene rings is 1. The zero-order chi connectivity index (χ0) is 17.7. The molecule has 1 aromatic carbocycles. The van der Waals surface area contributed by atoms with E-state index >= 15 is 0 Å². The van der Waals surface area contributed by atoms with Gasteiger partial charge in [-0.1, -0.05) is 11.3 Å². The normalized spacial score (nSPS) is 22.1. The van der Waals surface area contributed by atoms with Crippen molar-refractivity contribution in [3.63, 3.8) is 0 Å². The highest BCUT2D eigenvalue weighted by molar-refractivity contribution is 5.94. The summed E-state index contributed by atoms with van der Waals surface area (Å²) in [7, 11) is 0. The average molecular weight is 348 g/mol. The predicted molar refractivity (Wildman–Crippen MR) is 97.2 cm³/mol. The number of carbonyl (C=O) groups is 1. The predicted octanol–water partition coefficient (Wildman–Crippen LogP) is 1.42. The van der Waals surface area contributed by atoms with Gasteiger partial charge in [-0.05, 0) is 43.0 Å². The van der Waals surface area contributed by atoms with E-state index in [9.17, 15) is 4.79 Å². The number of aromatic nitrogens is 4. The summed E-state index contributed by atoms with van der Waals surface area (Å²) < 4.78 is 1.75. The van der Waals surface area contributed by atoms with Gasteiger partial charge in [-0.25, -0.2) is 4.68 Å². The minimum absolute atomic E-state index is 0.0125. The Morgan fingerprint density at radius 1 is 1.15 bits per heavy atom. The lowest BCUT2D eigenvalue weighted by molar-refractivity contribution is 0.0775. The lowest BCUT2D eigenvalue weighted by atomic mass is 10.0. The third kappa shape index (κ3) is 2.31. The number of rotatable bonds is 2. The van der Waals surface area contributed by atoms with Crippen LogP contribution in [0.5, 0.6) is 0 Å². The second-order valence-electron chi connectivity index (χ2n) is 7.17. The van der Waals surface area contributed by atoms with Crippen LogP contribution in [0.3, 0.4) is 0 Å². The van der Waals surface area contributed by atoms with E-state index in [1.807, 2.05) is 42.2 Å². The number of amides is 1. The summed E-state index contributed by atoms with van der Waals surface area (Å²) in [4.78, 5) is 19.3. The van der Waals surface area contributed by atoms with Crippen LogP contribution in [-0.4, -0.2) is 57.0 Å². The van der Waals surface area contributed by atoms with Crippen LogP contribution < -0.4 is 5.32 Å². The molecular formula is C19H20N6O. The summed E-state index contributed by atoms with van der Waals surface area (Å²) in [6.45, 7) is 5.52. The second-order valence-corrected chi connectivity index (χ2v) is 7.17. The Morgan fingerprint density at radius 3 is 2.77 bits per heavy atom. The molecule has 0 radical (unpaired) electrons. The Kier molecular flexibility index (Phi) is 3.49. The molecule has 0 saturated carbocycles. The molecular weight excluding hydrogens is 328 g/mol. The van der Waals surface area contributed by atoms with Gasteiger partial charge in [0.25, 0.3) is 5.91 Å². The van der Waals surface area contributed by atoms with Gasteiger partial charge < -0.3 is 10.2 Å². The molecule has 3 aromatic rings. The van der Waals surface area contributed by atoms with Gasteiger partial charge in [0, 0.05) is 37.8 Å². The average Bonchev–Trinajstić information content (AvgIpc) is 3.35. The van der Waals surface area contributed by atoms with Crippen LogP contribution in [-0.2, 0) is 0 Å². The molecule has 1 amide bonds. The first-order chi connectivity index (χ1) is 12.7. The first-order valence-electron chi connectivity index (χ1n) is 8.99. The number of pyridine rings is 1. The minimum Gasteiger partial charge on any atom is -0.337 e. The molecule has 2 atom stereocenters. The lowest BCUT2D eigenvalue weighted by Gasteiger charge is -2.16. The molecule has 26 heavy (non-hydrogen) atoms. The molecule has 0 bridgehead atoms. The van der Waals surface area contributed by atoms with Gasteiger partial charge in [0.2, 0.25) is 0 Å². The van der Waals surface area contributed by atoms with Crippen molar-refractivity contribution >= 4 is 16.8 Å². The number of hydrogen-bond donors (Lipinski definition) is 1. The van der Waals surface area contributed by atoms with Crippen LogP contribution in [0.2, 0.25) is 0 Å². The number of hydrogen-bond acceptors (Lipinski definition) is 5. The molecule has 132 valence electrons. The number of nitrogens with one attached hydrogen (secondary N) is 1. The molecule has 2 aromatic heterocycles. The quantitative estimate of drug-likeness (QED) is 0.758. The Hall–Kier alpha value is -2.80. The fourth-order valence-corrected chi connectivity index (χ4v) is 4.20. The van der Waals surface area contributed by atoms with E-state index in [2.05, 4.69) is 20.6 Å². The fourth-order valence-electron chi connectivity index (χ4n) is 4.20. The van der Waals surface area contributed by atoms with Crippen molar-refractivity contribution < 1.29 is 4.79 Å². The molecule has 5 rings (SSSR count). The van der Waals surface area contributed by atoms with E-state index in [0.29, 0.717) is 17.5 Å². The highest BCUT2D eigenvalue weighted by Gasteiger charge is 2.39. The number of likely N-dealkylation sites (tertiary alicyclic amines) is 1. The van der Waals surface area contributed by atoms with Crippen molar-refractivity contribution in [1.29, 1.82) is 0 Å². The van der Waals surface area contributed by atoms with Gasteiger partial charge >= 0.3 is 0 Å². The van der Waals surface area contributed by atoms with Crippen molar-refractivity contribution in [3.05, 3.63) is 47.9 Å². The van der Waals surface area contributed by atoms with Gasteiger partial charge in [-0.3, -0.25) is 9.78 Å². The molecule has 2 aliphatic rings. The zero-order valence-corrected chi connectivity index (χ0v) is 14.6. The highest BCUT2D eigenvalue weighted by atomic mass is 16.2. The van der Waals surface area contributed by atoms with Gasteiger partial charge in [-0.15, -0.1) is 5.10 Å². The zero-order valence-electron chi connectivity index (χ0n) is 14.6. The van der Waals surface area contributed by atoms with Crippen LogP contribution in [0.25, 0.3) is 16.6 Å². The number of nitrogens with zero attached hydrogens (tertiary/aromatic N) is 5. The third-order valence-corrected chi connectivity index (χ3v) is 5.62. The largest absolute Gasteiger partial charge is 0.337 e. The van der Waals surface area contributed by atoms with E-state index in [0.717, 1.165) is 48.5 Å². The van der Waals surface area contributed by atoms with Crippen molar-refractivity contribution in [1.82, 2.24) is 30.2 Å². The van der Waals surface area contributed by atoms with Crippen LogP contribution in [0, 0.1) is 18.8 Å². The standard InChI is InChI=1S/C19H20N6O/c1-12-18(19(26)24-10-13-8-20-9-14(13)11-24)22-23-25(12)17-6-2-5-16-15(17)4-3-7-21-16/h2-7,13-14,20H,8-11H2,1H3/t13-,14+. The molecule has 2 fully saturated rings. The molecule has 7 heteroatoms. The molecule has 7 nitrogen and oxygen atoms in total. The molecule has 4 heterocycles. The molecule has 1 N–H and O–H groups in total. The number of carbonyl (C=O) groups excluding carboxylic acids is 1. The lowest BCUT2D eigenvalue weighted by Crippen LogP contribution is -2.32. The Morgan fingerprint density at radius 2 is 1.96 bits per heavy atom. The Bertz CT molecular complexity index is 979. The summed E-state index contributed by atoms with van der Waals surface area (Å²) in [5.74, 6) is 1.12. The minimum atomic E-state index is -0.0125. The molecule has 0 unspecified atom stereocenters. The summed E-state index contributed by atoms with van der Waals surface area (Å²) in [5, 5.41) is 12.9. The van der Waals surface area contributed by atoms with Crippen molar-refractivity contribution in [2.24, 2.45) is 11.8 Å². The summed E-state index contributed by atoms with van der Waals surface area (Å²) in [6.07, 6.45) is 1.77. The SMILES string of the molecule is Cc1c(C(=O)N2C[C@H]3CNC[C@H]3C2)nnn1-c1cccc2ncccc12. The van der Waals surface area contributed by atoms with E-state index in [1.54, 1.807) is 10.9 Å². The highest BCUT2D eigenvalue weighted by Crippen LogP contribution is 2.28. The van der Waals surface area contributed by atoms with Crippen molar-refractivity contribution in [3.8, 4) is 5.69 Å². The van der Waals surface area contributed by atoms with Crippen molar-refractivity contribution in [2.75, 3.05) is 26.2 Å². The van der Waals surface area contributed by atoms with E-state index in [-0.39, 0.29) is 5.91 Å². The molecule has 0 spiro atoms. The first-order valence-corrected chi connectivity index (χ1v) is 8.99. The second kappa shape index (κ2) is 5.88. The van der Waals surface area contributed by atoms with Crippen LogP contribution in [0.1, 0.15) is 16.2 Å². The summed E-state index contributed by atoms with van der Waals surface area (Å²) in [6, 6.07) is 9.80. The Balaban J connectivity index is 1.50. The van der Waals surface area contributed by atoms with E-state index in [4.69, 9.17) is 0 Å². The maximum atomic E-state index is 13.0. The van der Waals surface area contributed by atoms with E-state index < -0.39 is 0 Å². The summed E-state index contributed by atoms with van der Waals surface area (Å²) >= 11 is 0. The molecule has 2 saturated heterocycles. The van der Waals surface area contributed by atoms with Crippen LogP contribution in [0.4, 0.5) is 0 Å². The van der Waals surface area contributed by atoms with Gasteiger partial charge in [-0.2, -0.15) is 0 Å². The maximum Gasteiger partial charge on any atom is 0.276 e. The van der Waals surface area contributed by atoms with Crippen molar-refractivity contribution in [2.45, 2.75) is 6.92 Å². The molecule has 0 aliphatic carbocycles. The van der Waals surface area contributed by atoms with Gasteiger partial charge in [0.1, 0.15) is 0 Å². The van der Waals surface area contributed by atoms with E-state index in [1.165, 1.54) is 0 Å². The smallest absolute Gasteiger partial charge is 0.276 e. The first kappa shape index (κ1) is 15.5. The summed E-state index contributed by atoms with van der Waals surface area (Å²) in [5.41, 5.74) is 3.00. The maximum absolute atomic E-state index is 13.0.